The number of hydrogen-bond acceptors (Lipinski definition) is 3. The lowest BCUT2D eigenvalue weighted by molar-refractivity contribution is 0.0793. The molecule has 3 aliphatic rings. The first-order valence-electron chi connectivity index (χ1n) is 11.3. The number of allylic oxidation sites excluding steroid dienone is 2. The van der Waals surface area contributed by atoms with E-state index in [1.54, 1.807) is 6.07 Å². The number of fused-ring (bicyclic) bond motifs is 4. The highest BCUT2D eigenvalue weighted by Crippen LogP contribution is 2.53. The van der Waals surface area contributed by atoms with Crippen molar-refractivity contribution in [2.45, 2.75) is 31.2 Å². The number of hydrogen-bond donors (Lipinski definition) is 2. The highest BCUT2D eigenvalue weighted by Gasteiger charge is 2.41. The van der Waals surface area contributed by atoms with Crippen LogP contribution in [0.2, 0.25) is 0 Å². The van der Waals surface area contributed by atoms with E-state index < -0.39 is 0 Å². The number of aromatic hydroxyl groups is 1. The average Bonchev–Trinajstić information content (AvgIpc) is 3.50. The number of amides is 1. The van der Waals surface area contributed by atoms with E-state index in [9.17, 15) is 9.90 Å². The first-order chi connectivity index (χ1) is 15.2. The first kappa shape index (κ1) is 18.5. The van der Waals surface area contributed by atoms with Gasteiger partial charge < -0.3 is 15.3 Å². The second-order valence-electron chi connectivity index (χ2n) is 8.96. The van der Waals surface area contributed by atoms with Gasteiger partial charge >= 0.3 is 0 Å². The van der Waals surface area contributed by atoms with Crippen molar-refractivity contribution in [2.75, 3.05) is 18.4 Å². The van der Waals surface area contributed by atoms with Crippen LogP contribution in [-0.2, 0) is 0 Å². The van der Waals surface area contributed by atoms with Crippen molar-refractivity contribution >= 4 is 22.4 Å². The predicted octanol–water partition coefficient (Wildman–Crippen LogP) is 5.61. The van der Waals surface area contributed by atoms with Gasteiger partial charge in [0.2, 0.25) is 0 Å². The lowest BCUT2D eigenvalue weighted by Gasteiger charge is -2.39. The third kappa shape index (κ3) is 2.85. The van der Waals surface area contributed by atoms with Crippen LogP contribution in [0.25, 0.3) is 10.8 Å². The Hall–Kier alpha value is -3.27. The molecule has 2 aliphatic heterocycles. The number of benzene rings is 3. The number of phenolic OH excluding ortho intramolecular Hbond substituents is 1. The highest BCUT2D eigenvalue weighted by molar-refractivity contribution is 6.01. The molecule has 0 aromatic heterocycles. The van der Waals surface area contributed by atoms with Crippen LogP contribution >= 0.6 is 0 Å². The number of carbonyl (C=O) groups excluding carboxylic acids is 1. The number of phenols is 1. The van der Waals surface area contributed by atoms with Crippen LogP contribution in [-0.4, -0.2) is 29.0 Å². The lowest BCUT2D eigenvalue weighted by atomic mass is 9.75. The Kier molecular flexibility index (Phi) is 4.27. The van der Waals surface area contributed by atoms with Crippen molar-refractivity contribution in [3.63, 3.8) is 0 Å². The predicted molar refractivity (Wildman–Crippen MR) is 124 cm³/mol. The summed E-state index contributed by atoms with van der Waals surface area (Å²) in [6.07, 6.45) is 7.64. The topological polar surface area (TPSA) is 52.6 Å². The third-order valence-electron chi connectivity index (χ3n) is 7.28. The molecule has 6 rings (SSSR count). The summed E-state index contributed by atoms with van der Waals surface area (Å²) in [5.74, 6) is 0.976. The minimum Gasteiger partial charge on any atom is -0.508 e. The zero-order valence-electron chi connectivity index (χ0n) is 17.4. The SMILES string of the molecule is O=C(c1cccc2c1NC(c1c(O)ccc3ccccc13)C1CC=CC21)N1CCCC1. The van der Waals surface area contributed by atoms with Gasteiger partial charge in [0.25, 0.3) is 5.91 Å². The summed E-state index contributed by atoms with van der Waals surface area (Å²) < 4.78 is 0. The van der Waals surface area contributed by atoms with E-state index in [1.807, 2.05) is 35.2 Å². The molecule has 1 fully saturated rings. The molecule has 31 heavy (non-hydrogen) atoms. The number of carbonyl (C=O) groups is 1. The maximum atomic E-state index is 13.4. The Labute approximate surface area is 182 Å². The van der Waals surface area contributed by atoms with Crippen LogP contribution in [0.15, 0.2) is 66.7 Å². The molecule has 2 N–H and O–H groups in total. The molecular weight excluding hydrogens is 384 g/mol. The molecule has 1 amide bonds. The van der Waals surface area contributed by atoms with Crippen LogP contribution < -0.4 is 5.32 Å². The van der Waals surface area contributed by atoms with Crippen LogP contribution in [0, 0.1) is 5.92 Å². The van der Waals surface area contributed by atoms with Gasteiger partial charge in [0.1, 0.15) is 5.75 Å². The summed E-state index contributed by atoms with van der Waals surface area (Å²) in [5, 5.41) is 16.9. The minimum atomic E-state index is -0.0638. The molecular formula is C27H26N2O2. The quantitative estimate of drug-likeness (QED) is 0.540. The Morgan fingerprint density at radius 1 is 1.00 bits per heavy atom. The number of nitrogens with one attached hydrogen (secondary N) is 1. The van der Waals surface area contributed by atoms with Gasteiger partial charge in [0.05, 0.1) is 17.3 Å². The molecule has 3 aromatic carbocycles. The van der Waals surface area contributed by atoms with Gasteiger partial charge in [-0.15, -0.1) is 0 Å². The van der Waals surface area contributed by atoms with Crippen LogP contribution in [0.1, 0.15) is 52.7 Å². The zero-order valence-corrected chi connectivity index (χ0v) is 17.4. The monoisotopic (exact) mass is 410 g/mol. The van der Waals surface area contributed by atoms with Crippen molar-refractivity contribution in [3.8, 4) is 5.75 Å². The second kappa shape index (κ2) is 7.16. The molecule has 1 saturated heterocycles. The summed E-state index contributed by atoms with van der Waals surface area (Å²) in [5.41, 5.74) is 3.82. The van der Waals surface area contributed by atoms with E-state index in [-0.39, 0.29) is 17.9 Å². The van der Waals surface area contributed by atoms with Crippen LogP contribution in [0.3, 0.4) is 0 Å². The number of nitrogens with zero attached hydrogens (tertiary/aromatic N) is 1. The van der Waals surface area contributed by atoms with Crippen LogP contribution in [0.5, 0.6) is 5.75 Å². The van der Waals surface area contributed by atoms with E-state index >= 15 is 0 Å². The number of anilines is 1. The Balaban J connectivity index is 1.51. The normalized spacial score (nSPS) is 24.1. The molecule has 2 heterocycles. The van der Waals surface area contributed by atoms with E-state index in [4.69, 9.17) is 0 Å². The van der Waals surface area contributed by atoms with E-state index in [0.29, 0.717) is 11.7 Å². The summed E-state index contributed by atoms with van der Waals surface area (Å²) in [6, 6.07) is 18.0. The molecule has 4 heteroatoms. The Bertz CT molecular complexity index is 1210. The summed E-state index contributed by atoms with van der Waals surface area (Å²) in [4.78, 5) is 15.3. The van der Waals surface area contributed by atoms with Crippen molar-refractivity contribution < 1.29 is 9.90 Å². The average molecular weight is 411 g/mol. The second-order valence-corrected chi connectivity index (χ2v) is 8.96. The Morgan fingerprint density at radius 2 is 1.84 bits per heavy atom. The van der Waals surface area contributed by atoms with E-state index in [0.717, 1.165) is 59.9 Å². The molecule has 3 atom stereocenters. The van der Waals surface area contributed by atoms with Crippen molar-refractivity contribution in [2.24, 2.45) is 5.92 Å². The Morgan fingerprint density at radius 3 is 2.71 bits per heavy atom. The maximum absolute atomic E-state index is 13.4. The van der Waals surface area contributed by atoms with Crippen molar-refractivity contribution in [1.82, 2.24) is 4.90 Å². The van der Waals surface area contributed by atoms with Gasteiger partial charge in [-0.3, -0.25) is 4.79 Å². The number of rotatable bonds is 2. The van der Waals surface area contributed by atoms with Crippen LogP contribution in [0.4, 0.5) is 5.69 Å². The molecule has 0 saturated carbocycles. The number of likely N-dealkylation sites (tertiary alicyclic amines) is 1. The van der Waals surface area contributed by atoms with Gasteiger partial charge in [-0.2, -0.15) is 0 Å². The molecule has 0 spiro atoms. The molecule has 0 bridgehead atoms. The zero-order chi connectivity index (χ0) is 20.9. The molecule has 3 aromatic rings. The number of para-hydroxylation sites is 1. The fourth-order valence-electron chi connectivity index (χ4n) is 5.79. The summed E-state index contributed by atoms with van der Waals surface area (Å²) in [7, 11) is 0. The maximum Gasteiger partial charge on any atom is 0.255 e. The van der Waals surface area contributed by atoms with Gasteiger partial charge in [-0.05, 0) is 53.6 Å². The van der Waals surface area contributed by atoms with Crippen molar-refractivity contribution in [3.05, 3.63) is 83.4 Å². The molecule has 3 unspecified atom stereocenters. The summed E-state index contributed by atoms with van der Waals surface area (Å²) >= 11 is 0. The van der Waals surface area contributed by atoms with E-state index in [2.05, 4.69) is 35.7 Å². The third-order valence-corrected chi connectivity index (χ3v) is 7.28. The van der Waals surface area contributed by atoms with Crippen molar-refractivity contribution in [1.29, 1.82) is 0 Å². The fourth-order valence-corrected chi connectivity index (χ4v) is 5.79. The molecule has 156 valence electrons. The highest BCUT2D eigenvalue weighted by atomic mass is 16.3. The van der Waals surface area contributed by atoms with Gasteiger partial charge in [-0.25, -0.2) is 0 Å². The molecule has 0 radical (unpaired) electrons. The van der Waals surface area contributed by atoms with Gasteiger partial charge in [-0.1, -0.05) is 54.6 Å². The summed E-state index contributed by atoms with van der Waals surface area (Å²) in [6.45, 7) is 1.67. The van der Waals surface area contributed by atoms with Gasteiger partial charge in [0, 0.05) is 24.6 Å². The first-order valence-corrected chi connectivity index (χ1v) is 11.3. The minimum absolute atomic E-state index is 0.0638. The van der Waals surface area contributed by atoms with E-state index in [1.165, 1.54) is 5.56 Å². The lowest BCUT2D eigenvalue weighted by Crippen LogP contribution is -2.33. The fraction of sp³-hybridized carbons (Fsp3) is 0.296. The van der Waals surface area contributed by atoms with Gasteiger partial charge in [0.15, 0.2) is 0 Å². The smallest absolute Gasteiger partial charge is 0.255 e. The standard InChI is InChI=1S/C27H26N2O2/c30-23-14-13-17-7-1-2-8-18(17)24(23)26-21-11-5-9-19(21)20-10-6-12-22(25(20)28-26)27(31)29-15-3-4-16-29/h1-2,5-10,12-14,19,21,26,28,30H,3-4,11,15-16H2. The largest absolute Gasteiger partial charge is 0.508 e. The molecule has 1 aliphatic carbocycles. The molecule has 4 nitrogen and oxygen atoms in total.